The molecule has 0 aliphatic rings. The van der Waals surface area contributed by atoms with Crippen LogP contribution < -0.4 is 9.88 Å². The van der Waals surface area contributed by atoms with Crippen molar-refractivity contribution in [2.45, 2.75) is 25.8 Å². The molecule has 0 spiro atoms. The van der Waals surface area contributed by atoms with Gasteiger partial charge >= 0.3 is 0 Å². The van der Waals surface area contributed by atoms with Gasteiger partial charge in [0.05, 0.1) is 6.54 Å². The van der Waals surface area contributed by atoms with Gasteiger partial charge in [-0.05, 0) is 50.0 Å². The van der Waals surface area contributed by atoms with E-state index in [9.17, 15) is 0 Å². The van der Waals surface area contributed by atoms with Crippen LogP contribution in [0.4, 0.5) is 0 Å². The zero-order valence-electron chi connectivity index (χ0n) is 13.0. The average molecular weight is 294 g/mol. The van der Waals surface area contributed by atoms with Crippen LogP contribution in [-0.2, 0) is 13.0 Å². The molecule has 3 nitrogen and oxygen atoms in total. The molecule has 2 N–H and O–H groups in total. The number of imidazole rings is 1. The first-order valence-electron chi connectivity index (χ1n) is 8.14. The molecular weight excluding hydrogens is 270 g/mol. The van der Waals surface area contributed by atoms with Crippen molar-refractivity contribution in [3.8, 4) is 0 Å². The van der Waals surface area contributed by atoms with Gasteiger partial charge in [0, 0.05) is 0 Å². The van der Waals surface area contributed by atoms with Crippen LogP contribution in [0, 0.1) is 0 Å². The molecule has 1 aromatic heterocycles. The third-order valence-corrected chi connectivity index (χ3v) is 4.00. The van der Waals surface area contributed by atoms with Gasteiger partial charge in [0.2, 0.25) is 6.33 Å². The molecule has 0 saturated carbocycles. The van der Waals surface area contributed by atoms with Crippen molar-refractivity contribution in [2.75, 3.05) is 13.1 Å². The summed E-state index contributed by atoms with van der Waals surface area (Å²) >= 11 is 0. The molecule has 114 valence electrons. The van der Waals surface area contributed by atoms with Crippen molar-refractivity contribution in [1.82, 2.24) is 10.3 Å². The number of aromatic amines is 1. The van der Waals surface area contributed by atoms with E-state index in [-0.39, 0.29) is 0 Å². The molecule has 0 saturated heterocycles. The summed E-state index contributed by atoms with van der Waals surface area (Å²) in [6, 6.07) is 19.1. The average Bonchev–Trinajstić information content (AvgIpc) is 2.98. The number of para-hydroxylation sites is 2. The normalized spacial score (nSPS) is 11.1. The molecule has 0 radical (unpaired) electrons. The van der Waals surface area contributed by atoms with E-state index in [1.807, 2.05) is 0 Å². The largest absolute Gasteiger partial charge is 0.317 e. The number of hydrogen-bond donors (Lipinski definition) is 2. The number of benzene rings is 2. The smallest absolute Gasteiger partial charge is 0.242 e. The van der Waals surface area contributed by atoms with E-state index in [2.05, 4.69) is 75.8 Å². The Kier molecular flexibility index (Phi) is 5.22. The van der Waals surface area contributed by atoms with E-state index in [0.29, 0.717) is 0 Å². The van der Waals surface area contributed by atoms with Crippen LogP contribution in [0.3, 0.4) is 0 Å². The van der Waals surface area contributed by atoms with Gasteiger partial charge < -0.3 is 5.32 Å². The highest BCUT2D eigenvalue weighted by Gasteiger charge is 2.07. The van der Waals surface area contributed by atoms with Gasteiger partial charge in [-0.25, -0.2) is 9.55 Å². The summed E-state index contributed by atoms with van der Waals surface area (Å²) in [5.41, 5.74) is 3.92. The number of rotatable bonds is 8. The molecule has 0 amide bonds. The van der Waals surface area contributed by atoms with E-state index < -0.39 is 0 Å². The predicted octanol–water partition coefficient (Wildman–Crippen LogP) is 3.07. The van der Waals surface area contributed by atoms with Crippen LogP contribution in [0.15, 0.2) is 60.9 Å². The van der Waals surface area contributed by atoms with Crippen molar-refractivity contribution in [1.29, 1.82) is 0 Å². The predicted molar refractivity (Wildman–Crippen MR) is 90.7 cm³/mol. The molecule has 22 heavy (non-hydrogen) atoms. The molecule has 0 atom stereocenters. The Hall–Kier alpha value is -2.13. The third-order valence-electron chi connectivity index (χ3n) is 4.00. The first-order valence-corrected chi connectivity index (χ1v) is 8.14. The lowest BCUT2D eigenvalue weighted by molar-refractivity contribution is -0.671. The Morgan fingerprint density at radius 1 is 0.864 bits per heavy atom. The van der Waals surface area contributed by atoms with Crippen LogP contribution in [0.2, 0.25) is 0 Å². The summed E-state index contributed by atoms with van der Waals surface area (Å²) in [6.07, 6.45) is 5.58. The minimum absolute atomic E-state index is 1.05. The second kappa shape index (κ2) is 7.76. The number of fused-ring (bicyclic) bond motifs is 1. The van der Waals surface area contributed by atoms with Gasteiger partial charge in [0.15, 0.2) is 11.0 Å². The molecule has 0 unspecified atom stereocenters. The van der Waals surface area contributed by atoms with Gasteiger partial charge in [-0.15, -0.1) is 0 Å². The number of nitrogens with zero attached hydrogens (tertiary/aromatic N) is 1. The molecule has 2 aromatic carbocycles. The summed E-state index contributed by atoms with van der Waals surface area (Å²) in [4.78, 5) is 3.31. The third kappa shape index (κ3) is 3.95. The van der Waals surface area contributed by atoms with Crippen LogP contribution in [0.25, 0.3) is 11.0 Å². The summed E-state index contributed by atoms with van der Waals surface area (Å²) in [5, 5.41) is 3.54. The van der Waals surface area contributed by atoms with Crippen LogP contribution in [0.1, 0.15) is 18.4 Å². The Labute approximate surface area is 132 Å². The summed E-state index contributed by atoms with van der Waals surface area (Å²) < 4.78 is 2.29. The Morgan fingerprint density at radius 3 is 2.55 bits per heavy atom. The van der Waals surface area contributed by atoms with Crippen molar-refractivity contribution in [2.24, 2.45) is 0 Å². The molecule has 3 rings (SSSR count). The molecular formula is C19H24N3+. The number of aryl methyl sites for hydroxylation is 2. The fraction of sp³-hybridized carbons (Fsp3) is 0.316. The van der Waals surface area contributed by atoms with Crippen LogP contribution >= 0.6 is 0 Å². The zero-order chi connectivity index (χ0) is 15.0. The minimum atomic E-state index is 1.05. The lowest BCUT2D eigenvalue weighted by Gasteiger charge is -2.04. The van der Waals surface area contributed by atoms with Gasteiger partial charge in [-0.3, -0.25) is 0 Å². The van der Waals surface area contributed by atoms with E-state index in [4.69, 9.17) is 0 Å². The monoisotopic (exact) mass is 294 g/mol. The second-order valence-corrected chi connectivity index (χ2v) is 5.68. The Bertz CT molecular complexity index is 688. The molecule has 0 fully saturated rings. The zero-order valence-corrected chi connectivity index (χ0v) is 13.0. The first kappa shape index (κ1) is 14.8. The topological polar surface area (TPSA) is 31.7 Å². The highest BCUT2D eigenvalue weighted by Crippen LogP contribution is 2.05. The van der Waals surface area contributed by atoms with Crippen LogP contribution in [-0.4, -0.2) is 18.1 Å². The quantitative estimate of drug-likeness (QED) is 0.485. The summed E-state index contributed by atoms with van der Waals surface area (Å²) in [6.45, 7) is 3.21. The number of H-pyrrole nitrogens is 1. The van der Waals surface area contributed by atoms with Gasteiger partial charge in [0.25, 0.3) is 0 Å². The highest BCUT2D eigenvalue weighted by molar-refractivity contribution is 5.70. The molecule has 0 aliphatic heterocycles. The lowest BCUT2D eigenvalue weighted by Crippen LogP contribution is -2.33. The Balaban J connectivity index is 1.32. The minimum Gasteiger partial charge on any atom is -0.317 e. The lowest BCUT2D eigenvalue weighted by atomic mass is 10.1. The van der Waals surface area contributed by atoms with E-state index in [1.165, 1.54) is 23.0 Å². The standard InChI is InChI=1S/C19H23N3/c1-2-8-17(9-3-1)10-6-13-20-14-7-15-22-16-21-18-11-4-5-12-19(18)22/h1-5,8-9,11-12,16,20H,6-7,10,13-15H2/p+1. The van der Waals surface area contributed by atoms with Gasteiger partial charge in [-0.2, -0.15) is 0 Å². The van der Waals surface area contributed by atoms with E-state index in [1.54, 1.807) is 0 Å². The summed E-state index contributed by atoms with van der Waals surface area (Å²) in [7, 11) is 0. The molecule has 0 aliphatic carbocycles. The molecule has 3 heteroatoms. The molecule has 1 heterocycles. The second-order valence-electron chi connectivity index (χ2n) is 5.68. The fourth-order valence-corrected chi connectivity index (χ4v) is 2.81. The number of hydrogen-bond acceptors (Lipinski definition) is 1. The SMILES string of the molecule is c1ccc(CCCNCCC[n+]2c[nH]c3ccccc32)cc1. The van der Waals surface area contributed by atoms with Gasteiger partial charge in [-0.1, -0.05) is 42.5 Å². The summed E-state index contributed by atoms with van der Waals surface area (Å²) in [5.74, 6) is 0. The van der Waals surface area contributed by atoms with Crippen molar-refractivity contribution in [3.05, 3.63) is 66.5 Å². The maximum absolute atomic E-state index is 3.54. The van der Waals surface area contributed by atoms with E-state index >= 15 is 0 Å². The van der Waals surface area contributed by atoms with Crippen LogP contribution in [0.5, 0.6) is 0 Å². The Morgan fingerprint density at radius 2 is 1.64 bits per heavy atom. The first-order chi connectivity index (χ1) is 10.9. The van der Waals surface area contributed by atoms with Crippen molar-refractivity contribution < 1.29 is 4.57 Å². The maximum Gasteiger partial charge on any atom is 0.242 e. The number of aromatic nitrogens is 2. The molecule has 0 bridgehead atoms. The van der Waals surface area contributed by atoms with Crippen molar-refractivity contribution in [3.63, 3.8) is 0 Å². The number of nitrogens with one attached hydrogen (secondary N) is 2. The maximum atomic E-state index is 3.54. The van der Waals surface area contributed by atoms with Crippen molar-refractivity contribution >= 4 is 11.0 Å². The highest BCUT2D eigenvalue weighted by atomic mass is 15.0. The fourth-order valence-electron chi connectivity index (χ4n) is 2.81. The van der Waals surface area contributed by atoms with E-state index in [0.717, 1.165) is 32.5 Å². The van der Waals surface area contributed by atoms with Gasteiger partial charge in [0.1, 0.15) is 0 Å². The molecule has 3 aromatic rings.